The fourth-order valence-corrected chi connectivity index (χ4v) is 1.40. The molecule has 102 valence electrons. The molecule has 20 heavy (non-hydrogen) atoms. The highest BCUT2D eigenvalue weighted by Gasteiger charge is 2.00. The minimum absolute atomic E-state index is 0.0153. The van der Waals surface area contributed by atoms with Crippen molar-refractivity contribution in [2.24, 2.45) is 5.10 Å². The topological polar surface area (TPSA) is 123 Å². The number of carbonyl (C=O) groups excluding carboxylic acids is 1. The van der Waals surface area contributed by atoms with Gasteiger partial charge in [0.1, 0.15) is 5.69 Å². The highest BCUT2D eigenvalue weighted by molar-refractivity contribution is 5.97. The maximum Gasteiger partial charge on any atom is 0.274 e. The lowest BCUT2D eigenvalue weighted by Gasteiger charge is -2.05. The maximum absolute atomic E-state index is 11.3. The molecular formula is C12H10N5O3-. The number of nitrogens with one attached hydrogen (secondary N) is 2. The molecule has 1 heterocycles. The molecule has 2 aromatic rings. The van der Waals surface area contributed by atoms with E-state index in [-0.39, 0.29) is 22.8 Å². The number of hydrazone groups is 1. The Bertz CT molecular complexity index is 723. The summed E-state index contributed by atoms with van der Waals surface area (Å²) in [6.45, 7) is 1.52. The van der Waals surface area contributed by atoms with Crippen LogP contribution in [0.4, 0.5) is 5.95 Å². The number of rotatable bonds is 4. The van der Waals surface area contributed by atoms with E-state index in [1.165, 1.54) is 19.2 Å². The van der Waals surface area contributed by atoms with Crippen molar-refractivity contribution >= 4 is 18.1 Å². The second kappa shape index (κ2) is 5.74. The summed E-state index contributed by atoms with van der Waals surface area (Å²) < 4.78 is 0. The summed E-state index contributed by atoms with van der Waals surface area (Å²) >= 11 is 0. The molecule has 0 aliphatic heterocycles. The highest BCUT2D eigenvalue weighted by atomic mass is 16.4. The molecule has 1 aromatic carbocycles. The number of carboxylic acids is 1. The van der Waals surface area contributed by atoms with E-state index in [4.69, 9.17) is 0 Å². The molecule has 0 bridgehead atoms. The summed E-state index contributed by atoms with van der Waals surface area (Å²) in [7, 11) is 0. The number of hydrogen-bond donors (Lipinski definition) is 2. The smallest absolute Gasteiger partial charge is 0.274 e. The quantitative estimate of drug-likeness (QED) is 0.559. The normalized spacial score (nSPS) is 10.7. The second-order valence-electron chi connectivity index (χ2n) is 3.83. The van der Waals surface area contributed by atoms with E-state index in [1.54, 1.807) is 18.2 Å². The molecule has 0 unspecified atom stereocenters. The second-order valence-corrected chi connectivity index (χ2v) is 3.83. The minimum Gasteiger partial charge on any atom is -0.545 e. The van der Waals surface area contributed by atoms with Crippen molar-refractivity contribution in [3.05, 3.63) is 51.4 Å². The Morgan fingerprint density at radius 3 is 2.85 bits per heavy atom. The molecule has 0 amide bonds. The van der Waals surface area contributed by atoms with E-state index in [0.717, 1.165) is 0 Å². The van der Waals surface area contributed by atoms with Crippen molar-refractivity contribution in [1.82, 2.24) is 15.2 Å². The van der Waals surface area contributed by atoms with Crippen LogP contribution < -0.4 is 16.1 Å². The standard InChI is InChI=1S/C12H11N5O3/c1-7-10(18)14-12(17-15-7)16-13-6-8-4-2-3-5-9(8)11(19)20/h2-6H,1H3,(H,19,20)(H2,14,16,17,18)/p-1/b13-6-. The summed E-state index contributed by atoms with van der Waals surface area (Å²) in [5.74, 6) is -1.24. The molecule has 0 aliphatic carbocycles. The lowest BCUT2D eigenvalue weighted by atomic mass is 10.1. The summed E-state index contributed by atoms with van der Waals surface area (Å²) in [6.07, 6.45) is 1.28. The zero-order chi connectivity index (χ0) is 14.5. The van der Waals surface area contributed by atoms with E-state index in [1.807, 2.05) is 0 Å². The Kier molecular flexibility index (Phi) is 3.85. The fourth-order valence-electron chi connectivity index (χ4n) is 1.40. The van der Waals surface area contributed by atoms with Gasteiger partial charge in [0.15, 0.2) is 0 Å². The molecule has 0 aliphatic rings. The van der Waals surface area contributed by atoms with Gasteiger partial charge in [0.25, 0.3) is 5.56 Å². The molecule has 1 aromatic heterocycles. The van der Waals surface area contributed by atoms with Crippen LogP contribution in [0.3, 0.4) is 0 Å². The summed E-state index contributed by atoms with van der Waals surface area (Å²) in [4.78, 5) is 24.6. The first-order valence-electron chi connectivity index (χ1n) is 5.61. The Morgan fingerprint density at radius 1 is 1.40 bits per heavy atom. The van der Waals surface area contributed by atoms with Gasteiger partial charge >= 0.3 is 0 Å². The largest absolute Gasteiger partial charge is 0.545 e. The third kappa shape index (κ3) is 3.05. The van der Waals surface area contributed by atoms with Crippen LogP contribution in [0.25, 0.3) is 0 Å². The molecule has 0 spiro atoms. The zero-order valence-electron chi connectivity index (χ0n) is 10.5. The Balaban J connectivity index is 2.16. The van der Waals surface area contributed by atoms with Gasteiger partial charge in [-0.15, -0.1) is 10.2 Å². The van der Waals surface area contributed by atoms with Gasteiger partial charge < -0.3 is 9.90 Å². The number of anilines is 1. The van der Waals surface area contributed by atoms with Crippen molar-refractivity contribution in [2.45, 2.75) is 6.92 Å². The van der Waals surface area contributed by atoms with Gasteiger partial charge in [0.2, 0.25) is 5.95 Å². The van der Waals surface area contributed by atoms with Gasteiger partial charge in [-0.2, -0.15) is 5.10 Å². The van der Waals surface area contributed by atoms with Crippen LogP contribution in [0.2, 0.25) is 0 Å². The van der Waals surface area contributed by atoms with E-state index in [0.29, 0.717) is 5.56 Å². The predicted octanol–water partition coefficient (Wildman–Crippen LogP) is -0.717. The number of carboxylic acid groups (broad SMARTS) is 1. The number of benzene rings is 1. The van der Waals surface area contributed by atoms with Crippen molar-refractivity contribution in [3.8, 4) is 0 Å². The first-order valence-corrected chi connectivity index (χ1v) is 5.61. The van der Waals surface area contributed by atoms with Crippen LogP contribution in [0.1, 0.15) is 21.6 Å². The first kappa shape index (κ1) is 13.4. The number of carbonyl (C=O) groups is 1. The molecule has 0 saturated heterocycles. The summed E-state index contributed by atoms with van der Waals surface area (Å²) in [5, 5.41) is 21.9. The molecule has 2 rings (SSSR count). The molecule has 2 N–H and O–H groups in total. The number of aromatic amines is 1. The van der Waals surface area contributed by atoms with Gasteiger partial charge in [-0.1, -0.05) is 24.3 Å². The van der Waals surface area contributed by atoms with Crippen molar-refractivity contribution in [2.75, 3.05) is 5.43 Å². The van der Waals surface area contributed by atoms with E-state index >= 15 is 0 Å². The lowest BCUT2D eigenvalue weighted by molar-refractivity contribution is -0.255. The number of aryl methyl sites for hydroxylation is 1. The van der Waals surface area contributed by atoms with Crippen molar-refractivity contribution in [3.63, 3.8) is 0 Å². The average Bonchev–Trinajstić information content (AvgIpc) is 2.43. The van der Waals surface area contributed by atoms with E-state index in [9.17, 15) is 14.7 Å². The molecule has 0 saturated carbocycles. The number of nitrogens with zero attached hydrogens (tertiary/aromatic N) is 3. The van der Waals surface area contributed by atoms with Gasteiger partial charge in [-0.25, -0.2) is 5.43 Å². The minimum atomic E-state index is -1.30. The monoisotopic (exact) mass is 272 g/mol. The number of aromatic nitrogens is 3. The average molecular weight is 272 g/mol. The van der Waals surface area contributed by atoms with Gasteiger partial charge in [0.05, 0.1) is 12.2 Å². The maximum atomic E-state index is 11.3. The Hall–Kier alpha value is -3.03. The fraction of sp³-hybridized carbons (Fsp3) is 0.0833. The van der Waals surface area contributed by atoms with E-state index in [2.05, 4.69) is 25.7 Å². The highest BCUT2D eigenvalue weighted by Crippen LogP contribution is 2.05. The van der Waals surface area contributed by atoms with Crippen LogP contribution >= 0.6 is 0 Å². The van der Waals surface area contributed by atoms with Crippen LogP contribution in [0.15, 0.2) is 34.2 Å². The lowest BCUT2D eigenvalue weighted by Crippen LogP contribution is -2.23. The number of aromatic carboxylic acids is 1. The molecule has 0 radical (unpaired) electrons. The van der Waals surface area contributed by atoms with Crippen LogP contribution in [-0.4, -0.2) is 27.4 Å². The molecule has 8 heteroatoms. The van der Waals surface area contributed by atoms with Gasteiger partial charge in [-0.05, 0) is 6.92 Å². The van der Waals surface area contributed by atoms with Crippen molar-refractivity contribution < 1.29 is 9.90 Å². The summed E-state index contributed by atoms with van der Waals surface area (Å²) in [6, 6.07) is 6.23. The van der Waals surface area contributed by atoms with E-state index < -0.39 is 5.97 Å². The van der Waals surface area contributed by atoms with Crippen LogP contribution in [0, 0.1) is 6.92 Å². The van der Waals surface area contributed by atoms with Crippen LogP contribution in [-0.2, 0) is 0 Å². The van der Waals surface area contributed by atoms with Gasteiger partial charge in [0, 0.05) is 11.1 Å². The van der Waals surface area contributed by atoms with Crippen molar-refractivity contribution in [1.29, 1.82) is 0 Å². The molecular weight excluding hydrogens is 262 g/mol. The molecule has 0 fully saturated rings. The van der Waals surface area contributed by atoms with Gasteiger partial charge in [-0.3, -0.25) is 9.78 Å². The molecule has 0 atom stereocenters. The summed E-state index contributed by atoms with van der Waals surface area (Å²) in [5.41, 5.74) is 2.69. The first-order chi connectivity index (χ1) is 9.58. The molecule has 8 nitrogen and oxygen atoms in total. The Morgan fingerprint density at radius 2 is 2.15 bits per heavy atom. The van der Waals surface area contributed by atoms with Crippen LogP contribution in [0.5, 0.6) is 0 Å². The third-order valence-corrected chi connectivity index (χ3v) is 2.42. The zero-order valence-corrected chi connectivity index (χ0v) is 10.5. The number of hydrogen-bond acceptors (Lipinski definition) is 7. The Labute approximate surface area is 113 Å². The third-order valence-electron chi connectivity index (χ3n) is 2.42. The predicted molar refractivity (Wildman–Crippen MR) is 69.4 cm³/mol. The SMILES string of the molecule is Cc1nnc(N/N=C\c2ccccc2C(=O)[O-])[nH]c1=O. The number of H-pyrrole nitrogens is 1.